The summed E-state index contributed by atoms with van der Waals surface area (Å²) in [6.07, 6.45) is 0.216. The SMILES string of the molecule is C=C(CCNC(=O)N(C)c1cccc(Br)c1)C(=O)O. The number of carboxylic acid groups (broad SMARTS) is 1. The molecular weight excluding hydrogens is 312 g/mol. The summed E-state index contributed by atoms with van der Waals surface area (Å²) in [6, 6.07) is 7.02. The van der Waals surface area contributed by atoms with E-state index in [1.165, 1.54) is 4.90 Å². The van der Waals surface area contributed by atoms with Gasteiger partial charge in [0.2, 0.25) is 0 Å². The molecule has 5 nitrogen and oxygen atoms in total. The summed E-state index contributed by atoms with van der Waals surface area (Å²) >= 11 is 3.33. The Morgan fingerprint density at radius 3 is 2.74 bits per heavy atom. The first-order valence-electron chi connectivity index (χ1n) is 5.60. The Morgan fingerprint density at radius 2 is 2.16 bits per heavy atom. The largest absolute Gasteiger partial charge is 0.478 e. The quantitative estimate of drug-likeness (QED) is 0.817. The molecule has 0 heterocycles. The Kier molecular flexibility index (Phi) is 5.57. The van der Waals surface area contributed by atoms with Gasteiger partial charge in [-0.3, -0.25) is 4.90 Å². The van der Waals surface area contributed by atoms with Gasteiger partial charge < -0.3 is 10.4 Å². The number of anilines is 1. The maximum absolute atomic E-state index is 11.8. The highest BCUT2D eigenvalue weighted by atomic mass is 79.9. The van der Waals surface area contributed by atoms with Crippen molar-refractivity contribution in [1.29, 1.82) is 0 Å². The summed E-state index contributed by atoms with van der Waals surface area (Å²) in [5.74, 6) is -1.05. The summed E-state index contributed by atoms with van der Waals surface area (Å²) in [5, 5.41) is 11.3. The highest BCUT2D eigenvalue weighted by Crippen LogP contribution is 2.18. The molecule has 0 aliphatic rings. The minimum Gasteiger partial charge on any atom is -0.478 e. The van der Waals surface area contributed by atoms with Gasteiger partial charge in [0, 0.05) is 29.3 Å². The average Bonchev–Trinajstić information content (AvgIpc) is 2.37. The molecule has 0 bridgehead atoms. The summed E-state index contributed by atoms with van der Waals surface area (Å²) in [4.78, 5) is 23.8. The van der Waals surface area contributed by atoms with Crippen molar-refractivity contribution >= 4 is 33.6 Å². The lowest BCUT2D eigenvalue weighted by molar-refractivity contribution is -0.132. The second kappa shape index (κ2) is 6.94. The maximum Gasteiger partial charge on any atom is 0.331 e. The number of nitrogens with one attached hydrogen (secondary N) is 1. The first-order valence-corrected chi connectivity index (χ1v) is 6.39. The van der Waals surface area contributed by atoms with E-state index in [0.29, 0.717) is 0 Å². The number of urea groups is 1. The number of hydrogen-bond acceptors (Lipinski definition) is 2. The van der Waals surface area contributed by atoms with Gasteiger partial charge in [-0.25, -0.2) is 9.59 Å². The molecule has 0 atom stereocenters. The van der Waals surface area contributed by atoms with Gasteiger partial charge in [0.05, 0.1) is 0 Å². The minimum absolute atomic E-state index is 0.0745. The molecule has 102 valence electrons. The van der Waals surface area contributed by atoms with Crippen molar-refractivity contribution in [1.82, 2.24) is 5.32 Å². The molecule has 1 aromatic rings. The standard InChI is InChI=1S/C13H15BrN2O3/c1-9(12(17)18)6-7-15-13(19)16(2)11-5-3-4-10(14)8-11/h3-5,8H,1,6-7H2,2H3,(H,15,19)(H,17,18). The molecule has 2 amide bonds. The van der Waals surface area contributed by atoms with Crippen molar-refractivity contribution in [2.75, 3.05) is 18.5 Å². The van der Waals surface area contributed by atoms with Crippen LogP contribution in [0.1, 0.15) is 6.42 Å². The van der Waals surface area contributed by atoms with E-state index in [1.54, 1.807) is 13.1 Å². The number of carbonyl (C=O) groups excluding carboxylic acids is 1. The van der Waals surface area contributed by atoms with Gasteiger partial charge in [-0.05, 0) is 24.6 Å². The summed E-state index contributed by atoms with van der Waals surface area (Å²) < 4.78 is 0.879. The van der Waals surface area contributed by atoms with Crippen LogP contribution in [0.3, 0.4) is 0 Å². The molecular formula is C13H15BrN2O3. The van der Waals surface area contributed by atoms with E-state index in [9.17, 15) is 9.59 Å². The van der Waals surface area contributed by atoms with Crippen molar-refractivity contribution in [2.24, 2.45) is 0 Å². The summed E-state index contributed by atoms with van der Waals surface area (Å²) in [5.41, 5.74) is 0.814. The van der Waals surface area contributed by atoms with E-state index >= 15 is 0 Å². The highest BCUT2D eigenvalue weighted by molar-refractivity contribution is 9.10. The van der Waals surface area contributed by atoms with Gasteiger partial charge in [-0.1, -0.05) is 28.6 Å². The van der Waals surface area contributed by atoms with Gasteiger partial charge in [-0.15, -0.1) is 0 Å². The zero-order valence-electron chi connectivity index (χ0n) is 10.5. The lowest BCUT2D eigenvalue weighted by Gasteiger charge is -2.18. The van der Waals surface area contributed by atoms with Gasteiger partial charge in [0.1, 0.15) is 0 Å². The Bertz CT molecular complexity index is 502. The van der Waals surface area contributed by atoms with Gasteiger partial charge >= 0.3 is 12.0 Å². The highest BCUT2D eigenvalue weighted by Gasteiger charge is 2.11. The maximum atomic E-state index is 11.8. The third kappa shape index (κ3) is 4.75. The molecule has 0 aliphatic carbocycles. The van der Waals surface area contributed by atoms with Crippen LogP contribution in [0, 0.1) is 0 Å². The fraction of sp³-hybridized carbons (Fsp3) is 0.231. The Hall–Kier alpha value is -1.82. The van der Waals surface area contributed by atoms with E-state index in [2.05, 4.69) is 27.8 Å². The number of hydrogen-bond donors (Lipinski definition) is 2. The molecule has 0 saturated carbocycles. The second-order valence-electron chi connectivity index (χ2n) is 3.93. The van der Waals surface area contributed by atoms with Gasteiger partial charge in [0.15, 0.2) is 0 Å². The number of rotatable bonds is 5. The van der Waals surface area contributed by atoms with Crippen LogP contribution >= 0.6 is 15.9 Å². The van der Waals surface area contributed by atoms with Crippen LogP contribution in [0.4, 0.5) is 10.5 Å². The molecule has 0 aliphatic heterocycles. The molecule has 1 aromatic carbocycles. The predicted molar refractivity (Wildman–Crippen MR) is 77.3 cm³/mol. The first kappa shape index (κ1) is 15.2. The summed E-state index contributed by atoms with van der Waals surface area (Å²) in [6.45, 7) is 3.63. The van der Waals surface area contributed by atoms with Crippen molar-refractivity contribution in [3.05, 3.63) is 40.9 Å². The molecule has 1 rings (SSSR count). The molecule has 0 aromatic heterocycles. The zero-order chi connectivity index (χ0) is 14.4. The summed E-state index contributed by atoms with van der Waals surface area (Å²) in [7, 11) is 1.64. The number of benzene rings is 1. The third-order valence-corrected chi connectivity index (χ3v) is 3.00. The lowest BCUT2D eigenvalue weighted by Crippen LogP contribution is -2.38. The van der Waals surface area contributed by atoms with Crippen LogP contribution < -0.4 is 10.2 Å². The predicted octanol–water partition coefficient (Wildman–Crippen LogP) is 2.63. The topological polar surface area (TPSA) is 69.6 Å². The number of carboxylic acids is 1. The van der Waals surface area contributed by atoms with Crippen molar-refractivity contribution in [3.8, 4) is 0 Å². The number of carbonyl (C=O) groups is 2. The normalized spacial score (nSPS) is 9.79. The number of aliphatic carboxylic acids is 1. The lowest BCUT2D eigenvalue weighted by atomic mass is 10.2. The van der Waals surface area contributed by atoms with Crippen LogP contribution in [-0.4, -0.2) is 30.7 Å². The molecule has 0 radical (unpaired) electrons. The van der Waals surface area contributed by atoms with Crippen molar-refractivity contribution < 1.29 is 14.7 Å². The van der Waals surface area contributed by atoms with E-state index < -0.39 is 5.97 Å². The third-order valence-electron chi connectivity index (χ3n) is 2.51. The minimum atomic E-state index is -1.05. The van der Waals surface area contributed by atoms with Gasteiger partial charge in [0.25, 0.3) is 0 Å². The fourth-order valence-electron chi connectivity index (χ4n) is 1.35. The molecule has 6 heteroatoms. The van der Waals surface area contributed by atoms with Crippen LogP contribution in [0.2, 0.25) is 0 Å². The van der Waals surface area contributed by atoms with E-state index in [1.807, 2.05) is 18.2 Å². The fourth-order valence-corrected chi connectivity index (χ4v) is 1.74. The molecule has 2 N–H and O–H groups in total. The van der Waals surface area contributed by atoms with Gasteiger partial charge in [-0.2, -0.15) is 0 Å². The Morgan fingerprint density at radius 1 is 1.47 bits per heavy atom. The van der Waals surface area contributed by atoms with Crippen LogP contribution in [0.5, 0.6) is 0 Å². The molecule has 0 unspecified atom stereocenters. The number of amides is 2. The molecule has 0 saturated heterocycles. The van der Waals surface area contributed by atoms with Crippen LogP contribution in [-0.2, 0) is 4.79 Å². The first-order chi connectivity index (χ1) is 8.91. The molecule has 0 fully saturated rings. The number of halogens is 1. The van der Waals surface area contributed by atoms with E-state index in [0.717, 1.165) is 10.2 Å². The Labute approximate surface area is 120 Å². The van der Waals surface area contributed by atoms with E-state index in [4.69, 9.17) is 5.11 Å². The molecule has 0 spiro atoms. The van der Waals surface area contributed by atoms with Crippen molar-refractivity contribution in [3.63, 3.8) is 0 Å². The average molecular weight is 327 g/mol. The van der Waals surface area contributed by atoms with Crippen LogP contribution in [0.15, 0.2) is 40.9 Å². The van der Waals surface area contributed by atoms with E-state index in [-0.39, 0.29) is 24.6 Å². The van der Waals surface area contributed by atoms with Crippen molar-refractivity contribution in [2.45, 2.75) is 6.42 Å². The monoisotopic (exact) mass is 326 g/mol. The zero-order valence-corrected chi connectivity index (χ0v) is 12.1. The number of nitrogens with zero attached hydrogens (tertiary/aromatic N) is 1. The smallest absolute Gasteiger partial charge is 0.331 e. The Balaban J connectivity index is 2.50. The van der Waals surface area contributed by atoms with Crippen LogP contribution in [0.25, 0.3) is 0 Å². The second-order valence-corrected chi connectivity index (χ2v) is 4.85. The molecule has 19 heavy (non-hydrogen) atoms.